The number of carbonyl (C=O) groups is 3. The molecule has 0 saturated heterocycles. The third kappa shape index (κ3) is 4.65. The van der Waals surface area contributed by atoms with Gasteiger partial charge in [-0.25, -0.2) is 4.39 Å². The minimum Gasteiger partial charge on any atom is -0.350 e. The molecule has 2 N–H and O–H groups in total. The van der Waals surface area contributed by atoms with Crippen molar-refractivity contribution >= 4 is 29.3 Å². The van der Waals surface area contributed by atoms with Crippen LogP contribution in [0.15, 0.2) is 54.6 Å². The summed E-state index contributed by atoms with van der Waals surface area (Å²) in [6, 6.07) is 14.3. The molecular weight excluding hydrogens is 461 g/mol. The Morgan fingerprint density at radius 2 is 1.79 bits per heavy atom. The molecule has 10 heteroatoms. The molecule has 0 radical (unpaired) electrons. The van der Waals surface area contributed by atoms with Crippen LogP contribution in [0.5, 0.6) is 0 Å². The Labute approximate surface area is 200 Å². The van der Waals surface area contributed by atoms with E-state index in [1.165, 1.54) is 34.8 Å². The molecule has 8 nitrogen and oxygen atoms in total. The molecule has 1 aliphatic rings. The van der Waals surface area contributed by atoms with Crippen LogP contribution in [0, 0.1) is 5.82 Å². The van der Waals surface area contributed by atoms with Gasteiger partial charge in [-0.05, 0) is 42.3 Å². The zero-order chi connectivity index (χ0) is 24.5. The number of carbonyl (C=O) groups excluding carboxylic acids is 3. The maximum absolute atomic E-state index is 13.1. The van der Waals surface area contributed by atoms with Crippen LogP contribution in [0.25, 0.3) is 0 Å². The van der Waals surface area contributed by atoms with E-state index in [0.717, 1.165) is 11.1 Å². The standard InChI is InChI=1S/C24H23ClFN5O3/c1-24(23(34)28-12-15-6-8-18(26)9-7-15)14-31-20(22(33)30(24)2)11-19(29-31)21(32)27-13-16-4-3-5-17(25)10-16/h3-11H,12-14H2,1-2H3,(H,27,32)(H,28,34)/t24-/m0/s1. The summed E-state index contributed by atoms with van der Waals surface area (Å²) in [4.78, 5) is 40.0. The van der Waals surface area contributed by atoms with E-state index in [0.29, 0.717) is 5.02 Å². The predicted octanol–water partition coefficient (Wildman–Crippen LogP) is 2.77. The molecule has 0 spiro atoms. The summed E-state index contributed by atoms with van der Waals surface area (Å²) in [6.45, 7) is 2.13. The second kappa shape index (κ2) is 9.26. The minimum absolute atomic E-state index is 0.0708. The molecule has 1 aliphatic heterocycles. The molecule has 2 heterocycles. The second-order valence-electron chi connectivity index (χ2n) is 8.33. The summed E-state index contributed by atoms with van der Waals surface area (Å²) in [5.74, 6) is -1.62. The van der Waals surface area contributed by atoms with E-state index in [1.54, 1.807) is 37.3 Å². The molecule has 1 atom stereocenters. The summed E-state index contributed by atoms with van der Waals surface area (Å²) in [7, 11) is 1.54. The zero-order valence-electron chi connectivity index (χ0n) is 18.6. The molecule has 0 unspecified atom stereocenters. The van der Waals surface area contributed by atoms with Crippen molar-refractivity contribution in [2.45, 2.75) is 32.1 Å². The summed E-state index contributed by atoms with van der Waals surface area (Å²) in [5, 5.41) is 10.4. The number of fused-ring (bicyclic) bond motifs is 1. The normalized spacial score (nSPS) is 17.3. The average molecular weight is 484 g/mol. The van der Waals surface area contributed by atoms with Crippen LogP contribution in [0.2, 0.25) is 5.02 Å². The molecule has 0 saturated carbocycles. The number of hydrogen-bond donors (Lipinski definition) is 2. The molecule has 1 aromatic heterocycles. The van der Waals surface area contributed by atoms with Gasteiger partial charge in [-0.1, -0.05) is 35.9 Å². The number of nitrogens with one attached hydrogen (secondary N) is 2. The maximum Gasteiger partial charge on any atom is 0.272 e. The number of rotatable bonds is 6. The van der Waals surface area contributed by atoms with Gasteiger partial charge in [0, 0.05) is 31.2 Å². The quantitative estimate of drug-likeness (QED) is 0.563. The molecule has 176 valence electrons. The van der Waals surface area contributed by atoms with Gasteiger partial charge in [0.25, 0.3) is 11.8 Å². The number of likely N-dealkylation sites (N-methyl/N-ethyl adjacent to an activating group) is 1. The highest BCUT2D eigenvalue weighted by molar-refractivity contribution is 6.30. The van der Waals surface area contributed by atoms with Crippen molar-refractivity contribution in [2.75, 3.05) is 7.05 Å². The third-order valence-corrected chi connectivity index (χ3v) is 6.17. The summed E-state index contributed by atoms with van der Waals surface area (Å²) in [5.41, 5.74) is 0.617. The lowest BCUT2D eigenvalue weighted by atomic mass is 9.96. The monoisotopic (exact) mass is 483 g/mol. The van der Waals surface area contributed by atoms with E-state index in [-0.39, 0.29) is 42.7 Å². The summed E-state index contributed by atoms with van der Waals surface area (Å²) >= 11 is 5.97. The second-order valence-corrected chi connectivity index (χ2v) is 8.77. The Kier molecular flexibility index (Phi) is 6.39. The van der Waals surface area contributed by atoms with E-state index in [2.05, 4.69) is 15.7 Å². The number of amides is 3. The van der Waals surface area contributed by atoms with Crippen molar-refractivity contribution in [1.82, 2.24) is 25.3 Å². The van der Waals surface area contributed by atoms with Crippen LogP contribution in [0.4, 0.5) is 4.39 Å². The summed E-state index contributed by atoms with van der Waals surface area (Å²) < 4.78 is 14.5. The third-order valence-electron chi connectivity index (χ3n) is 5.93. The van der Waals surface area contributed by atoms with Gasteiger partial charge in [-0.3, -0.25) is 19.1 Å². The number of halogens is 2. The van der Waals surface area contributed by atoms with Gasteiger partial charge in [-0.2, -0.15) is 5.10 Å². The van der Waals surface area contributed by atoms with Crippen molar-refractivity contribution in [3.8, 4) is 0 Å². The number of benzene rings is 2. The Bertz CT molecular complexity index is 1260. The van der Waals surface area contributed by atoms with Crippen LogP contribution in [-0.4, -0.2) is 45.0 Å². The maximum atomic E-state index is 13.1. The fourth-order valence-electron chi connectivity index (χ4n) is 3.73. The molecule has 0 bridgehead atoms. The van der Waals surface area contributed by atoms with E-state index in [9.17, 15) is 18.8 Å². The van der Waals surface area contributed by atoms with E-state index in [1.807, 2.05) is 6.07 Å². The molecule has 0 fully saturated rings. The number of aromatic nitrogens is 2. The highest BCUT2D eigenvalue weighted by Gasteiger charge is 2.46. The highest BCUT2D eigenvalue weighted by atomic mass is 35.5. The Balaban J connectivity index is 1.46. The number of nitrogens with zero attached hydrogens (tertiary/aromatic N) is 3. The van der Waals surface area contributed by atoms with E-state index in [4.69, 9.17) is 11.6 Å². The van der Waals surface area contributed by atoms with Gasteiger partial charge >= 0.3 is 0 Å². The fraction of sp³-hybridized carbons (Fsp3) is 0.250. The van der Waals surface area contributed by atoms with Gasteiger partial charge in [0.15, 0.2) is 5.69 Å². The van der Waals surface area contributed by atoms with Gasteiger partial charge in [0.05, 0.1) is 6.54 Å². The molecule has 34 heavy (non-hydrogen) atoms. The molecule has 3 aromatic rings. The van der Waals surface area contributed by atoms with Crippen LogP contribution >= 0.6 is 11.6 Å². The van der Waals surface area contributed by atoms with Gasteiger partial charge in [0.1, 0.15) is 17.1 Å². The molecule has 0 aliphatic carbocycles. The highest BCUT2D eigenvalue weighted by Crippen LogP contribution is 2.26. The van der Waals surface area contributed by atoms with Crippen molar-refractivity contribution in [2.24, 2.45) is 0 Å². The Morgan fingerprint density at radius 1 is 1.09 bits per heavy atom. The van der Waals surface area contributed by atoms with Gasteiger partial charge in [0.2, 0.25) is 5.91 Å². The van der Waals surface area contributed by atoms with E-state index < -0.39 is 17.4 Å². The van der Waals surface area contributed by atoms with Crippen molar-refractivity contribution in [1.29, 1.82) is 0 Å². The first-order valence-corrected chi connectivity index (χ1v) is 11.0. The smallest absolute Gasteiger partial charge is 0.272 e. The first kappa shape index (κ1) is 23.4. The molecule has 4 rings (SSSR count). The van der Waals surface area contributed by atoms with Crippen LogP contribution in [0.1, 0.15) is 39.0 Å². The lowest BCUT2D eigenvalue weighted by molar-refractivity contribution is -0.132. The van der Waals surface area contributed by atoms with Crippen LogP contribution in [0.3, 0.4) is 0 Å². The van der Waals surface area contributed by atoms with Gasteiger partial charge < -0.3 is 15.5 Å². The zero-order valence-corrected chi connectivity index (χ0v) is 19.4. The van der Waals surface area contributed by atoms with Crippen molar-refractivity contribution < 1.29 is 18.8 Å². The van der Waals surface area contributed by atoms with E-state index >= 15 is 0 Å². The largest absolute Gasteiger partial charge is 0.350 e. The first-order valence-electron chi connectivity index (χ1n) is 10.6. The molecule has 2 aromatic carbocycles. The lowest BCUT2D eigenvalue weighted by Gasteiger charge is -2.40. The minimum atomic E-state index is -1.23. The summed E-state index contributed by atoms with van der Waals surface area (Å²) in [6.07, 6.45) is 0. The fourth-order valence-corrected chi connectivity index (χ4v) is 3.95. The predicted molar refractivity (Wildman–Crippen MR) is 124 cm³/mol. The SMILES string of the molecule is CN1C(=O)c2cc(C(=O)NCc3cccc(Cl)c3)nn2C[C@@]1(C)C(=O)NCc1ccc(F)cc1. The van der Waals surface area contributed by atoms with Crippen molar-refractivity contribution in [3.05, 3.63) is 88.0 Å². The Hall–Kier alpha value is -3.72. The van der Waals surface area contributed by atoms with Crippen LogP contribution in [-0.2, 0) is 24.4 Å². The topological polar surface area (TPSA) is 96.3 Å². The van der Waals surface area contributed by atoms with Gasteiger partial charge in [-0.15, -0.1) is 0 Å². The first-order chi connectivity index (χ1) is 16.2. The molecular formula is C24H23ClFN5O3. The average Bonchev–Trinajstić information content (AvgIpc) is 3.24. The lowest BCUT2D eigenvalue weighted by Crippen LogP contribution is -2.62. The Morgan fingerprint density at radius 3 is 2.50 bits per heavy atom. The number of hydrogen-bond acceptors (Lipinski definition) is 4. The molecule has 3 amide bonds. The van der Waals surface area contributed by atoms with Crippen molar-refractivity contribution in [3.63, 3.8) is 0 Å². The van der Waals surface area contributed by atoms with Crippen LogP contribution < -0.4 is 10.6 Å².